The fourth-order valence-electron chi connectivity index (χ4n) is 0.542. The average molecular weight is 219 g/mol. The van der Waals surface area contributed by atoms with Crippen LogP contribution in [0.4, 0.5) is 0 Å². The van der Waals surface area contributed by atoms with Crippen LogP contribution in [0, 0.1) is 20.0 Å². The van der Waals surface area contributed by atoms with Gasteiger partial charge in [-0.25, -0.2) is 0 Å². The molecule has 13 heavy (non-hydrogen) atoms. The van der Waals surface area contributed by atoms with Crippen molar-refractivity contribution in [3.8, 4) is 0 Å². The Morgan fingerprint density at radius 3 is 1.00 bits per heavy atom. The Labute approximate surface area is 88.5 Å². The number of rotatable bonds is 0. The number of hydrogen-bond acceptors (Lipinski definition) is 0. The molecule has 0 aromatic rings. The summed E-state index contributed by atoms with van der Waals surface area (Å²) in [5.41, 5.74) is 0. The Kier molecular flexibility index (Phi) is 75.3. The maximum atomic E-state index is 7.50. The number of allylic oxidation sites excluding steroid dienone is 4. The van der Waals surface area contributed by atoms with Gasteiger partial charge in [0.25, 0.3) is 0 Å². The minimum absolute atomic E-state index is 0. The van der Waals surface area contributed by atoms with Gasteiger partial charge in [-0.05, 0) is 12.8 Å². The van der Waals surface area contributed by atoms with Gasteiger partial charge in [-0.2, -0.15) is 0 Å². The first kappa shape index (κ1) is 22.8. The molecule has 0 saturated carbocycles. The molecule has 0 spiro atoms. The molecule has 0 heterocycles. The van der Waals surface area contributed by atoms with Crippen molar-refractivity contribution in [3.63, 3.8) is 0 Å². The van der Waals surface area contributed by atoms with Gasteiger partial charge in [0.2, 0.25) is 0 Å². The summed E-state index contributed by atoms with van der Waals surface area (Å²) in [5, 5.41) is 0. The van der Waals surface area contributed by atoms with Crippen LogP contribution in [-0.4, -0.2) is 0 Å². The van der Waals surface area contributed by atoms with E-state index < -0.39 is 0 Å². The average Bonchev–Trinajstić information content (AvgIpc) is 2.29. The molecule has 0 atom stereocenters. The molecule has 3 nitrogen and oxygen atoms in total. The zero-order valence-electron chi connectivity index (χ0n) is 6.83. The van der Waals surface area contributed by atoms with E-state index in [-0.39, 0.29) is 17.1 Å². The van der Waals surface area contributed by atoms with Gasteiger partial charge in [0.05, 0.1) is 0 Å². The monoisotopic (exact) mass is 219 g/mol. The van der Waals surface area contributed by atoms with Crippen molar-refractivity contribution in [2.45, 2.75) is 12.8 Å². The quantitative estimate of drug-likeness (QED) is 0.338. The van der Waals surface area contributed by atoms with Crippen LogP contribution >= 0.6 is 0 Å². The van der Waals surface area contributed by atoms with E-state index in [1.807, 2.05) is 0 Å². The third kappa shape index (κ3) is 35.0. The van der Waals surface area contributed by atoms with E-state index in [0.717, 1.165) is 0 Å². The van der Waals surface area contributed by atoms with Gasteiger partial charge >= 0.3 is 33.9 Å². The van der Waals surface area contributed by atoms with Crippen molar-refractivity contribution >= 4 is 0 Å². The Bertz CT molecular complexity index is 151. The van der Waals surface area contributed by atoms with Gasteiger partial charge in [0, 0.05) is 17.1 Å². The van der Waals surface area contributed by atoms with Crippen molar-refractivity contribution in [1.82, 2.24) is 0 Å². The third-order valence-corrected chi connectivity index (χ3v) is 0.883. The molecular formula is C9H8MnO3. The maximum Gasteiger partial charge on any atom is 0 e. The Balaban J connectivity index is -0.0000000508. The van der Waals surface area contributed by atoms with Crippen LogP contribution in [0.1, 0.15) is 12.8 Å². The predicted molar refractivity (Wildman–Crippen MR) is 39.3 cm³/mol. The first-order chi connectivity index (χ1) is 6.00. The smallest absolute Gasteiger partial charge is 0 e. The predicted octanol–water partition coefficient (Wildman–Crippen LogP) is 1.78. The molecule has 1 radical (unpaired) electrons. The molecule has 4 heteroatoms. The SMILES string of the molecule is C1=CCCC=C1.[C-]#[O+].[C-]#[O+].[C-]#[O+].[Mn]. The van der Waals surface area contributed by atoms with Gasteiger partial charge in [0.15, 0.2) is 0 Å². The summed E-state index contributed by atoms with van der Waals surface area (Å²) in [7, 11) is 0. The van der Waals surface area contributed by atoms with Crippen molar-refractivity contribution < 1.29 is 31.0 Å². The van der Waals surface area contributed by atoms with E-state index in [9.17, 15) is 0 Å². The van der Waals surface area contributed by atoms with Crippen LogP contribution in [0.5, 0.6) is 0 Å². The summed E-state index contributed by atoms with van der Waals surface area (Å²) in [6, 6.07) is 0. The summed E-state index contributed by atoms with van der Waals surface area (Å²) in [5.74, 6) is 0. The Morgan fingerprint density at radius 2 is 0.923 bits per heavy atom. The first-order valence-corrected chi connectivity index (χ1v) is 2.93. The molecule has 1 aliphatic rings. The maximum absolute atomic E-state index is 7.50. The summed E-state index contributed by atoms with van der Waals surface area (Å²) < 4.78 is 22.5. The fraction of sp³-hybridized carbons (Fsp3) is 0.222. The number of hydrogen-bond donors (Lipinski definition) is 0. The molecule has 0 bridgehead atoms. The Hall–Kier alpha value is -0.781. The zero-order valence-corrected chi connectivity index (χ0v) is 8.01. The van der Waals surface area contributed by atoms with Crippen molar-refractivity contribution in [3.05, 3.63) is 44.3 Å². The van der Waals surface area contributed by atoms with E-state index in [2.05, 4.69) is 44.3 Å². The van der Waals surface area contributed by atoms with Crippen LogP contribution < -0.4 is 0 Å². The van der Waals surface area contributed by atoms with Gasteiger partial charge in [-0.1, -0.05) is 24.3 Å². The second-order valence-corrected chi connectivity index (χ2v) is 1.43. The van der Waals surface area contributed by atoms with Crippen molar-refractivity contribution in [2.24, 2.45) is 0 Å². The molecule has 0 N–H and O–H groups in total. The van der Waals surface area contributed by atoms with Crippen LogP contribution in [0.2, 0.25) is 0 Å². The summed E-state index contributed by atoms with van der Waals surface area (Å²) in [6.45, 7) is 13.5. The molecule has 1 rings (SSSR count). The fourth-order valence-corrected chi connectivity index (χ4v) is 0.542. The third-order valence-electron chi connectivity index (χ3n) is 0.883. The second kappa shape index (κ2) is 43.0. The van der Waals surface area contributed by atoms with Crippen LogP contribution in [-0.2, 0) is 31.0 Å². The standard InChI is InChI=1S/C6H8.3CO.Mn/c1-2-4-6-5-3-1;3*1-2;/h1-4H,5-6H2;;;;. The minimum atomic E-state index is 0. The molecule has 0 aromatic heterocycles. The Morgan fingerprint density at radius 1 is 0.692 bits per heavy atom. The summed E-state index contributed by atoms with van der Waals surface area (Å²) >= 11 is 0. The van der Waals surface area contributed by atoms with E-state index in [4.69, 9.17) is 14.0 Å². The second-order valence-electron chi connectivity index (χ2n) is 1.43. The van der Waals surface area contributed by atoms with Gasteiger partial charge in [-0.3, -0.25) is 0 Å². The minimum Gasteiger partial charge on any atom is 0 e. The molecule has 0 amide bonds. The molecule has 0 fully saturated rings. The summed E-state index contributed by atoms with van der Waals surface area (Å²) in [6.07, 6.45) is 11.0. The van der Waals surface area contributed by atoms with E-state index in [1.54, 1.807) is 0 Å². The van der Waals surface area contributed by atoms with E-state index in [1.165, 1.54) is 12.8 Å². The van der Waals surface area contributed by atoms with Gasteiger partial charge < -0.3 is 0 Å². The zero-order chi connectivity index (χ0) is 10.2. The first-order valence-electron chi connectivity index (χ1n) is 2.93. The van der Waals surface area contributed by atoms with Crippen molar-refractivity contribution in [2.75, 3.05) is 0 Å². The molecular weight excluding hydrogens is 211 g/mol. The largest absolute Gasteiger partial charge is 0 e. The van der Waals surface area contributed by atoms with Crippen LogP contribution in [0.15, 0.2) is 24.3 Å². The van der Waals surface area contributed by atoms with Crippen molar-refractivity contribution in [1.29, 1.82) is 0 Å². The molecule has 0 saturated heterocycles. The molecule has 0 unspecified atom stereocenters. The van der Waals surface area contributed by atoms with Gasteiger partial charge in [0.1, 0.15) is 0 Å². The molecule has 0 aliphatic heterocycles. The van der Waals surface area contributed by atoms with Crippen LogP contribution in [0.3, 0.4) is 0 Å². The summed E-state index contributed by atoms with van der Waals surface area (Å²) in [4.78, 5) is 0. The molecule has 1 aliphatic carbocycles. The molecule has 69 valence electrons. The molecule has 0 aromatic carbocycles. The van der Waals surface area contributed by atoms with Crippen LogP contribution in [0.25, 0.3) is 0 Å². The normalized spacial score (nSPS) is 9.08. The topological polar surface area (TPSA) is 59.7 Å². The van der Waals surface area contributed by atoms with Gasteiger partial charge in [-0.15, -0.1) is 0 Å². The van der Waals surface area contributed by atoms with E-state index >= 15 is 0 Å². The van der Waals surface area contributed by atoms with E-state index in [0.29, 0.717) is 0 Å².